The smallest absolute Gasteiger partial charge is 0.387 e. The number of aromatic nitrogens is 1. The van der Waals surface area contributed by atoms with E-state index in [2.05, 4.69) is 15.0 Å². The number of halogens is 4. The molecule has 1 aliphatic rings. The molecule has 0 saturated heterocycles. The van der Waals surface area contributed by atoms with E-state index in [4.69, 9.17) is 19.6 Å². The van der Waals surface area contributed by atoms with Crippen LogP contribution in [0.4, 0.5) is 13.2 Å². The molecule has 1 heterocycles. The summed E-state index contributed by atoms with van der Waals surface area (Å²) >= 11 is 0. The third-order valence-corrected chi connectivity index (χ3v) is 5.63. The SMILES string of the molecule is CCOc1ccc(C(=O)NCc2nc(-c3ccc(OC(F)F)c(OCC4CC4)c3)oc2C(C)N)c(F)c1.Cl. The summed E-state index contributed by atoms with van der Waals surface area (Å²) in [7, 11) is 0. The van der Waals surface area contributed by atoms with E-state index in [9.17, 15) is 18.0 Å². The maximum atomic E-state index is 14.4. The summed E-state index contributed by atoms with van der Waals surface area (Å²) in [5.41, 5.74) is 6.68. The average Bonchev–Trinajstić information content (AvgIpc) is 3.58. The van der Waals surface area contributed by atoms with E-state index < -0.39 is 24.4 Å². The number of alkyl halides is 2. The van der Waals surface area contributed by atoms with Gasteiger partial charge in [0.25, 0.3) is 5.91 Å². The number of nitrogens with one attached hydrogen (secondary N) is 1. The van der Waals surface area contributed by atoms with Gasteiger partial charge in [0.1, 0.15) is 23.0 Å². The van der Waals surface area contributed by atoms with Gasteiger partial charge in [-0.3, -0.25) is 4.79 Å². The predicted molar refractivity (Wildman–Crippen MR) is 135 cm³/mol. The zero-order chi connectivity index (χ0) is 26.5. The van der Waals surface area contributed by atoms with Crippen molar-refractivity contribution in [3.63, 3.8) is 0 Å². The molecule has 3 aromatic rings. The standard InChI is InChI=1S/C26H28F3N3O5.ClH/c1-3-34-17-7-8-18(19(27)11-17)24(33)31-12-20-23(14(2)30)37-25(32-20)16-6-9-21(36-26(28)29)22(10-16)35-13-15-4-5-15;/h6-11,14-15,26H,3-5,12-13,30H2,1-2H3,(H,31,33);1H. The van der Waals surface area contributed by atoms with Crippen LogP contribution >= 0.6 is 12.4 Å². The van der Waals surface area contributed by atoms with Crippen LogP contribution in [0.15, 0.2) is 40.8 Å². The molecule has 1 unspecified atom stereocenters. The third-order valence-electron chi connectivity index (χ3n) is 5.63. The fraction of sp³-hybridized carbons (Fsp3) is 0.385. The Hall–Kier alpha value is -3.44. The number of carbonyl (C=O) groups is 1. The van der Waals surface area contributed by atoms with Gasteiger partial charge in [-0.05, 0) is 62.9 Å². The van der Waals surface area contributed by atoms with E-state index in [0.29, 0.717) is 41.9 Å². The van der Waals surface area contributed by atoms with Crippen LogP contribution in [0.3, 0.4) is 0 Å². The first-order chi connectivity index (χ1) is 17.7. The van der Waals surface area contributed by atoms with Crippen LogP contribution in [0.2, 0.25) is 0 Å². The lowest BCUT2D eigenvalue weighted by Crippen LogP contribution is -2.25. The summed E-state index contributed by atoms with van der Waals surface area (Å²) in [6, 6.07) is 7.79. The summed E-state index contributed by atoms with van der Waals surface area (Å²) in [5.74, 6) is -0.132. The molecule has 1 aromatic heterocycles. The van der Waals surface area contributed by atoms with Crippen molar-refractivity contribution in [1.29, 1.82) is 0 Å². The van der Waals surface area contributed by atoms with E-state index in [-0.39, 0.29) is 41.9 Å². The highest BCUT2D eigenvalue weighted by atomic mass is 35.5. The lowest BCUT2D eigenvalue weighted by atomic mass is 10.1. The van der Waals surface area contributed by atoms with Crippen molar-refractivity contribution < 1.29 is 36.6 Å². The molecule has 4 rings (SSSR count). The van der Waals surface area contributed by atoms with Gasteiger partial charge in [-0.1, -0.05) is 0 Å². The second-order valence-corrected chi connectivity index (χ2v) is 8.67. The molecule has 1 atom stereocenters. The minimum atomic E-state index is -3.00. The van der Waals surface area contributed by atoms with Gasteiger partial charge in [0.15, 0.2) is 11.5 Å². The monoisotopic (exact) mass is 555 g/mol. The Morgan fingerprint density at radius 3 is 2.58 bits per heavy atom. The average molecular weight is 556 g/mol. The first kappa shape index (κ1) is 29.1. The number of amides is 1. The second-order valence-electron chi connectivity index (χ2n) is 8.67. The molecule has 8 nitrogen and oxygen atoms in total. The molecule has 1 amide bonds. The number of oxazole rings is 1. The third kappa shape index (κ3) is 7.32. The fourth-order valence-electron chi connectivity index (χ4n) is 3.60. The first-order valence-corrected chi connectivity index (χ1v) is 11.9. The predicted octanol–water partition coefficient (Wildman–Crippen LogP) is 5.64. The van der Waals surface area contributed by atoms with Gasteiger partial charge in [0, 0.05) is 11.6 Å². The number of nitrogens with two attached hydrogens (primary N) is 1. The Labute approximate surface area is 224 Å². The van der Waals surface area contributed by atoms with Crippen LogP contribution in [-0.2, 0) is 6.54 Å². The molecule has 0 radical (unpaired) electrons. The number of carbonyl (C=O) groups excluding carboxylic acids is 1. The molecule has 1 saturated carbocycles. The van der Waals surface area contributed by atoms with Gasteiger partial charge in [-0.15, -0.1) is 12.4 Å². The molecular formula is C26H29ClF3N3O5. The Balaban J connectivity index is 0.00000400. The molecular weight excluding hydrogens is 527 g/mol. The number of rotatable bonds is 12. The van der Waals surface area contributed by atoms with Gasteiger partial charge in [0.2, 0.25) is 5.89 Å². The fourth-order valence-corrected chi connectivity index (χ4v) is 3.60. The molecule has 0 bridgehead atoms. The highest BCUT2D eigenvalue weighted by molar-refractivity contribution is 5.94. The van der Waals surface area contributed by atoms with Crippen molar-refractivity contribution in [2.45, 2.75) is 45.9 Å². The summed E-state index contributed by atoms with van der Waals surface area (Å²) in [6.45, 7) is 1.13. The molecule has 0 spiro atoms. The molecule has 206 valence electrons. The summed E-state index contributed by atoms with van der Waals surface area (Å²) in [5, 5.41) is 2.62. The molecule has 2 aromatic carbocycles. The molecule has 12 heteroatoms. The van der Waals surface area contributed by atoms with Gasteiger partial charge in [0.05, 0.1) is 31.4 Å². The van der Waals surface area contributed by atoms with Crippen LogP contribution < -0.4 is 25.3 Å². The van der Waals surface area contributed by atoms with E-state index in [0.717, 1.165) is 18.9 Å². The quantitative estimate of drug-likeness (QED) is 0.297. The number of benzene rings is 2. The summed E-state index contributed by atoms with van der Waals surface area (Å²) in [6.07, 6.45) is 2.05. The maximum Gasteiger partial charge on any atom is 0.387 e. The number of hydrogen-bond donors (Lipinski definition) is 2. The topological polar surface area (TPSA) is 109 Å². The molecule has 1 fully saturated rings. The van der Waals surface area contributed by atoms with Crippen LogP contribution in [0.25, 0.3) is 11.5 Å². The Morgan fingerprint density at radius 2 is 1.95 bits per heavy atom. The van der Waals surface area contributed by atoms with Crippen LogP contribution in [0.5, 0.6) is 17.2 Å². The summed E-state index contributed by atoms with van der Waals surface area (Å²) in [4.78, 5) is 17.0. The van der Waals surface area contributed by atoms with E-state index in [1.807, 2.05) is 0 Å². The number of hydrogen-bond acceptors (Lipinski definition) is 7. The Kier molecular flexibility index (Phi) is 9.87. The Morgan fingerprint density at radius 1 is 1.18 bits per heavy atom. The van der Waals surface area contributed by atoms with Crippen LogP contribution in [-0.4, -0.2) is 30.7 Å². The highest BCUT2D eigenvalue weighted by Gasteiger charge is 2.24. The summed E-state index contributed by atoms with van der Waals surface area (Å²) < 4.78 is 61.5. The number of nitrogens with zero attached hydrogens (tertiary/aromatic N) is 1. The molecule has 1 aliphatic carbocycles. The maximum absolute atomic E-state index is 14.4. The zero-order valence-electron chi connectivity index (χ0n) is 20.8. The zero-order valence-corrected chi connectivity index (χ0v) is 21.7. The van der Waals surface area contributed by atoms with E-state index in [1.54, 1.807) is 13.8 Å². The minimum Gasteiger partial charge on any atom is -0.494 e. The second kappa shape index (κ2) is 12.9. The van der Waals surface area contributed by atoms with Crippen LogP contribution in [0, 0.1) is 11.7 Å². The Bertz CT molecular complexity index is 1250. The van der Waals surface area contributed by atoms with Gasteiger partial charge in [-0.2, -0.15) is 8.78 Å². The highest BCUT2D eigenvalue weighted by Crippen LogP contribution is 2.37. The first-order valence-electron chi connectivity index (χ1n) is 11.9. The van der Waals surface area contributed by atoms with Gasteiger partial charge < -0.3 is 29.7 Å². The van der Waals surface area contributed by atoms with Gasteiger partial charge >= 0.3 is 6.61 Å². The lowest BCUT2D eigenvalue weighted by Gasteiger charge is -2.12. The van der Waals surface area contributed by atoms with Crippen molar-refractivity contribution in [2.24, 2.45) is 11.7 Å². The van der Waals surface area contributed by atoms with Crippen molar-refractivity contribution >= 4 is 18.3 Å². The van der Waals surface area contributed by atoms with Crippen molar-refractivity contribution in [1.82, 2.24) is 10.3 Å². The number of ether oxygens (including phenoxy) is 3. The molecule has 38 heavy (non-hydrogen) atoms. The molecule has 3 N–H and O–H groups in total. The van der Waals surface area contributed by atoms with Crippen LogP contribution in [0.1, 0.15) is 54.5 Å². The van der Waals surface area contributed by atoms with Crippen molar-refractivity contribution in [2.75, 3.05) is 13.2 Å². The van der Waals surface area contributed by atoms with Crippen molar-refractivity contribution in [3.05, 3.63) is 59.2 Å². The van der Waals surface area contributed by atoms with Gasteiger partial charge in [-0.25, -0.2) is 9.37 Å². The minimum absolute atomic E-state index is 0. The van der Waals surface area contributed by atoms with E-state index >= 15 is 0 Å². The van der Waals surface area contributed by atoms with E-state index in [1.165, 1.54) is 30.3 Å². The largest absolute Gasteiger partial charge is 0.494 e. The normalized spacial score (nSPS) is 13.6. The lowest BCUT2D eigenvalue weighted by molar-refractivity contribution is -0.0515. The van der Waals surface area contributed by atoms with Crippen molar-refractivity contribution in [3.8, 4) is 28.7 Å². The molecule has 0 aliphatic heterocycles.